The fourth-order valence-corrected chi connectivity index (χ4v) is 5.33. The van der Waals surface area contributed by atoms with Gasteiger partial charge in [0.2, 0.25) is 0 Å². The van der Waals surface area contributed by atoms with Crippen LogP contribution in [0.15, 0.2) is 45.7 Å². The first-order valence-electron chi connectivity index (χ1n) is 9.75. The van der Waals surface area contributed by atoms with E-state index in [1.54, 1.807) is 11.8 Å². The molecule has 4 aromatic rings. The third-order valence-electron chi connectivity index (χ3n) is 5.04. The average molecular weight is 424 g/mol. The molecule has 0 spiro atoms. The highest BCUT2D eigenvalue weighted by Crippen LogP contribution is 2.40. The van der Waals surface area contributed by atoms with Crippen LogP contribution >= 0.6 is 23.1 Å². The molecule has 29 heavy (non-hydrogen) atoms. The lowest BCUT2D eigenvalue weighted by atomic mass is 10.1. The Morgan fingerprint density at radius 3 is 2.76 bits per heavy atom. The maximum absolute atomic E-state index is 12.8. The maximum atomic E-state index is 12.8. The largest absolute Gasteiger partial charge is 0.309 e. The average Bonchev–Trinajstić information content (AvgIpc) is 3.31. The zero-order valence-corrected chi connectivity index (χ0v) is 17.9. The first-order chi connectivity index (χ1) is 14.1. The van der Waals surface area contributed by atoms with E-state index in [2.05, 4.69) is 33.6 Å². The number of fused-ring (bicyclic) bond motifs is 1. The standard InChI is InChI=1S/C21H21N5OS2/c1-12(2)18-24-25-21(26(18)14-8-9-14)29-11-16-22-19(27)17-15(10-28-20(17)23-16)13-6-4-3-5-7-13/h3-7,10,12,14H,8-9,11H2,1-2H3,(H,22,23,27). The number of aromatic nitrogens is 5. The van der Waals surface area contributed by atoms with Gasteiger partial charge in [0.1, 0.15) is 16.5 Å². The van der Waals surface area contributed by atoms with Crippen LogP contribution in [0.1, 0.15) is 50.3 Å². The first kappa shape index (κ1) is 18.6. The summed E-state index contributed by atoms with van der Waals surface area (Å²) in [7, 11) is 0. The Hall–Kier alpha value is -2.45. The molecule has 0 amide bonds. The third-order valence-corrected chi connectivity index (χ3v) is 6.86. The monoisotopic (exact) mass is 423 g/mol. The molecule has 0 unspecified atom stereocenters. The van der Waals surface area contributed by atoms with Crippen LogP contribution in [-0.2, 0) is 5.75 Å². The molecule has 1 aliphatic rings. The Morgan fingerprint density at radius 1 is 1.24 bits per heavy atom. The molecule has 1 N–H and O–H groups in total. The van der Waals surface area contributed by atoms with Crippen LogP contribution in [0, 0.1) is 0 Å². The molecule has 6 nitrogen and oxygen atoms in total. The summed E-state index contributed by atoms with van der Waals surface area (Å²) in [5.74, 6) is 2.62. The van der Waals surface area contributed by atoms with Crippen LogP contribution in [0.25, 0.3) is 21.3 Å². The van der Waals surface area contributed by atoms with Gasteiger partial charge in [-0.3, -0.25) is 4.79 Å². The Labute approximate surface area is 176 Å². The Morgan fingerprint density at radius 2 is 2.03 bits per heavy atom. The summed E-state index contributed by atoms with van der Waals surface area (Å²) in [4.78, 5) is 21.3. The van der Waals surface area contributed by atoms with Gasteiger partial charge < -0.3 is 9.55 Å². The summed E-state index contributed by atoms with van der Waals surface area (Å²) in [6.07, 6.45) is 2.37. The van der Waals surface area contributed by atoms with Gasteiger partial charge in [0.05, 0.1) is 11.1 Å². The van der Waals surface area contributed by atoms with E-state index in [1.165, 1.54) is 24.2 Å². The van der Waals surface area contributed by atoms with Gasteiger partial charge >= 0.3 is 0 Å². The molecular weight excluding hydrogens is 402 g/mol. The zero-order valence-electron chi connectivity index (χ0n) is 16.3. The number of benzene rings is 1. The number of nitrogens with zero attached hydrogens (tertiary/aromatic N) is 4. The second kappa shape index (κ2) is 7.42. The third kappa shape index (κ3) is 3.51. The van der Waals surface area contributed by atoms with Crippen LogP contribution in [-0.4, -0.2) is 24.7 Å². The Kier molecular flexibility index (Phi) is 4.75. The van der Waals surface area contributed by atoms with Crippen molar-refractivity contribution in [2.75, 3.05) is 0 Å². The number of thiophene rings is 1. The summed E-state index contributed by atoms with van der Waals surface area (Å²) < 4.78 is 2.27. The number of hydrogen-bond donors (Lipinski definition) is 1. The Bertz CT molecular complexity index is 1220. The predicted molar refractivity (Wildman–Crippen MR) is 118 cm³/mol. The van der Waals surface area contributed by atoms with E-state index < -0.39 is 0 Å². The van der Waals surface area contributed by atoms with Crippen LogP contribution in [0.4, 0.5) is 0 Å². The summed E-state index contributed by atoms with van der Waals surface area (Å²) in [5.41, 5.74) is 1.89. The molecule has 0 aliphatic heterocycles. The maximum Gasteiger partial charge on any atom is 0.260 e. The van der Waals surface area contributed by atoms with E-state index in [4.69, 9.17) is 4.98 Å². The summed E-state index contributed by atoms with van der Waals surface area (Å²) in [6.45, 7) is 4.29. The Balaban J connectivity index is 1.43. The van der Waals surface area contributed by atoms with Crippen LogP contribution in [0.3, 0.4) is 0 Å². The van der Waals surface area contributed by atoms with Crippen molar-refractivity contribution in [3.63, 3.8) is 0 Å². The number of aromatic amines is 1. The van der Waals surface area contributed by atoms with E-state index in [0.717, 1.165) is 26.9 Å². The quantitative estimate of drug-likeness (QED) is 0.442. The molecule has 3 aromatic heterocycles. The molecular formula is C21H21N5OS2. The molecule has 5 rings (SSSR count). The van der Waals surface area contributed by atoms with Crippen molar-refractivity contribution < 1.29 is 0 Å². The second-order valence-corrected chi connectivity index (χ2v) is 9.39. The second-order valence-electron chi connectivity index (χ2n) is 7.59. The van der Waals surface area contributed by atoms with Crippen molar-refractivity contribution in [3.05, 3.63) is 57.7 Å². The highest BCUT2D eigenvalue weighted by molar-refractivity contribution is 7.98. The van der Waals surface area contributed by atoms with E-state index in [-0.39, 0.29) is 5.56 Å². The molecule has 0 saturated heterocycles. The van der Waals surface area contributed by atoms with E-state index in [0.29, 0.717) is 28.9 Å². The van der Waals surface area contributed by atoms with E-state index in [1.807, 2.05) is 35.7 Å². The highest BCUT2D eigenvalue weighted by Gasteiger charge is 2.30. The van der Waals surface area contributed by atoms with Crippen LogP contribution in [0.5, 0.6) is 0 Å². The van der Waals surface area contributed by atoms with Crippen molar-refractivity contribution in [1.82, 2.24) is 24.7 Å². The SMILES string of the molecule is CC(C)c1nnc(SCc2nc3scc(-c4ccccc4)c3c(=O)[nH]2)n1C1CC1. The molecule has 8 heteroatoms. The fraction of sp³-hybridized carbons (Fsp3) is 0.333. The van der Waals surface area contributed by atoms with Gasteiger partial charge in [-0.25, -0.2) is 4.98 Å². The number of nitrogens with one attached hydrogen (secondary N) is 1. The number of rotatable bonds is 6. The van der Waals surface area contributed by atoms with Gasteiger partial charge in [-0.1, -0.05) is 55.9 Å². The highest BCUT2D eigenvalue weighted by atomic mass is 32.2. The number of thioether (sulfide) groups is 1. The number of hydrogen-bond acceptors (Lipinski definition) is 6. The van der Waals surface area contributed by atoms with Crippen molar-refractivity contribution in [1.29, 1.82) is 0 Å². The van der Waals surface area contributed by atoms with E-state index in [9.17, 15) is 4.79 Å². The molecule has 0 bridgehead atoms. The molecule has 1 fully saturated rings. The molecule has 0 atom stereocenters. The van der Waals surface area contributed by atoms with Crippen LogP contribution < -0.4 is 5.56 Å². The minimum atomic E-state index is -0.0859. The fourth-order valence-electron chi connectivity index (χ4n) is 3.48. The lowest BCUT2D eigenvalue weighted by Gasteiger charge is -2.10. The van der Waals surface area contributed by atoms with Gasteiger partial charge in [0.25, 0.3) is 5.56 Å². The van der Waals surface area contributed by atoms with Gasteiger partial charge in [0.15, 0.2) is 5.16 Å². The molecule has 148 valence electrons. The smallest absolute Gasteiger partial charge is 0.260 e. The molecule has 1 saturated carbocycles. The topological polar surface area (TPSA) is 76.5 Å². The summed E-state index contributed by atoms with van der Waals surface area (Å²) in [5, 5.41) is 12.4. The van der Waals surface area contributed by atoms with Gasteiger partial charge in [-0.05, 0) is 18.4 Å². The lowest BCUT2D eigenvalue weighted by Crippen LogP contribution is -2.11. The minimum absolute atomic E-state index is 0.0859. The van der Waals surface area contributed by atoms with Gasteiger partial charge in [-0.15, -0.1) is 21.5 Å². The van der Waals surface area contributed by atoms with Gasteiger partial charge in [-0.2, -0.15) is 0 Å². The minimum Gasteiger partial charge on any atom is -0.309 e. The van der Waals surface area contributed by atoms with Crippen LogP contribution in [0.2, 0.25) is 0 Å². The summed E-state index contributed by atoms with van der Waals surface area (Å²) in [6, 6.07) is 10.5. The predicted octanol–water partition coefficient (Wildman–Crippen LogP) is 4.99. The van der Waals surface area contributed by atoms with Crippen molar-refractivity contribution in [3.8, 4) is 11.1 Å². The molecule has 1 aromatic carbocycles. The van der Waals surface area contributed by atoms with Crippen molar-refractivity contribution >= 4 is 33.3 Å². The van der Waals surface area contributed by atoms with Crippen molar-refractivity contribution in [2.24, 2.45) is 0 Å². The normalized spacial score (nSPS) is 14.2. The molecule has 0 radical (unpaired) electrons. The van der Waals surface area contributed by atoms with Gasteiger partial charge in [0, 0.05) is 22.9 Å². The molecule has 1 aliphatic carbocycles. The van der Waals surface area contributed by atoms with Crippen molar-refractivity contribution in [2.45, 2.75) is 49.6 Å². The zero-order chi connectivity index (χ0) is 20.0. The summed E-state index contributed by atoms with van der Waals surface area (Å²) >= 11 is 3.10. The first-order valence-corrected chi connectivity index (χ1v) is 11.6. The lowest BCUT2D eigenvalue weighted by molar-refractivity contribution is 0.599. The number of H-pyrrole nitrogens is 1. The van der Waals surface area contributed by atoms with E-state index >= 15 is 0 Å². The molecule has 3 heterocycles.